The Morgan fingerprint density at radius 2 is 1.67 bits per heavy atom. The highest BCUT2D eigenvalue weighted by atomic mass is 19.1. The molecular formula is C23H19FN2O4. The van der Waals surface area contributed by atoms with Crippen molar-refractivity contribution in [3.63, 3.8) is 0 Å². The molecule has 2 N–H and O–H groups in total. The van der Waals surface area contributed by atoms with E-state index in [0.29, 0.717) is 16.8 Å². The lowest BCUT2D eigenvalue weighted by molar-refractivity contribution is 0.0902. The Morgan fingerprint density at radius 1 is 1.00 bits per heavy atom. The second-order valence-corrected chi connectivity index (χ2v) is 6.88. The van der Waals surface area contributed by atoms with Gasteiger partial charge in [-0.25, -0.2) is 9.18 Å². The first-order chi connectivity index (χ1) is 14.5. The molecule has 1 aliphatic heterocycles. The third-order valence-electron chi connectivity index (χ3n) is 4.92. The number of cyclic esters (lactones) is 1. The highest BCUT2D eigenvalue weighted by molar-refractivity contribution is 5.94. The maximum Gasteiger partial charge on any atom is 0.415 e. The van der Waals surface area contributed by atoms with Crippen molar-refractivity contribution in [1.29, 1.82) is 0 Å². The van der Waals surface area contributed by atoms with Gasteiger partial charge in [-0.3, -0.25) is 9.69 Å². The minimum absolute atomic E-state index is 0.0860. The Labute approximate surface area is 172 Å². The van der Waals surface area contributed by atoms with Crippen molar-refractivity contribution in [2.45, 2.75) is 12.1 Å². The molecule has 2 atom stereocenters. The lowest BCUT2D eigenvalue weighted by Gasteiger charge is -2.25. The molecule has 3 aromatic rings. The number of anilines is 1. The zero-order valence-corrected chi connectivity index (χ0v) is 15.9. The van der Waals surface area contributed by atoms with E-state index in [4.69, 9.17) is 4.74 Å². The van der Waals surface area contributed by atoms with Crippen LogP contribution in [-0.2, 0) is 4.74 Å². The number of carbonyl (C=O) groups is 2. The number of phenolic OH excluding ortho intramolecular Hbond substituents is 1. The number of nitrogens with one attached hydrogen (secondary N) is 1. The van der Waals surface area contributed by atoms with Gasteiger partial charge in [0.15, 0.2) is 0 Å². The monoisotopic (exact) mass is 406 g/mol. The Balaban J connectivity index is 1.61. The van der Waals surface area contributed by atoms with Crippen molar-refractivity contribution in [3.05, 3.63) is 95.8 Å². The van der Waals surface area contributed by atoms with Crippen molar-refractivity contribution in [3.8, 4) is 5.75 Å². The van der Waals surface area contributed by atoms with E-state index in [2.05, 4.69) is 5.32 Å². The Bertz CT molecular complexity index is 1040. The van der Waals surface area contributed by atoms with Crippen LogP contribution < -0.4 is 10.2 Å². The van der Waals surface area contributed by atoms with Gasteiger partial charge in [0.1, 0.15) is 23.7 Å². The van der Waals surface area contributed by atoms with Gasteiger partial charge in [0.2, 0.25) is 0 Å². The number of hydrogen-bond donors (Lipinski definition) is 2. The van der Waals surface area contributed by atoms with Crippen molar-refractivity contribution in [2.24, 2.45) is 0 Å². The summed E-state index contributed by atoms with van der Waals surface area (Å²) in [6.07, 6.45) is -1.28. The molecule has 0 saturated carbocycles. The minimum Gasteiger partial charge on any atom is -0.508 e. The number of halogens is 1. The molecule has 0 radical (unpaired) electrons. The van der Waals surface area contributed by atoms with Crippen molar-refractivity contribution in [1.82, 2.24) is 5.32 Å². The van der Waals surface area contributed by atoms with Gasteiger partial charge >= 0.3 is 6.09 Å². The first kappa shape index (κ1) is 19.4. The molecule has 1 fully saturated rings. The molecule has 2 amide bonds. The third-order valence-corrected chi connectivity index (χ3v) is 4.92. The minimum atomic E-state index is -0.681. The molecule has 0 aliphatic carbocycles. The van der Waals surface area contributed by atoms with Crippen LogP contribution in [0.1, 0.15) is 22.0 Å². The van der Waals surface area contributed by atoms with Crippen LogP contribution in [0.5, 0.6) is 5.75 Å². The van der Waals surface area contributed by atoms with Crippen LogP contribution in [0.4, 0.5) is 14.9 Å². The number of rotatable bonds is 5. The predicted molar refractivity (Wildman–Crippen MR) is 109 cm³/mol. The quantitative estimate of drug-likeness (QED) is 0.671. The maximum atomic E-state index is 13.4. The molecule has 4 rings (SSSR count). The number of hydrogen-bond acceptors (Lipinski definition) is 4. The molecule has 7 heteroatoms. The topological polar surface area (TPSA) is 78.9 Å². The largest absolute Gasteiger partial charge is 0.508 e. The fourth-order valence-corrected chi connectivity index (χ4v) is 3.47. The number of benzene rings is 3. The third kappa shape index (κ3) is 3.96. The summed E-state index contributed by atoms with van der Waals surface area (Å²) < 4.78 is 18.9. The molecule has 152 valence electrons. The first-order valence-electron chi connectivity index (χ1n) is 9.40. The molecule has 0 aromatic heterocycles. The molecular weight excluding hydrogens is 387 g/mol. The van der Waals surface area contributed by atoms with Crippen molar-refractivity contribution >= 4 is 17.7 Å². The Kier molecular flexibility index (Phi) is 5.34. The summed E-state index contributed by atoms with van der Waals surface area (Å²) in [5, 5.41) is 12.4. The lowest BCUT2D eigenvalue weighted by Crippen LogP contribution is -2.37. The van der Waals surface area contributed by atoms with Gasteiger partial charge in [-0.15, -0.1) is 0 Å². The van der Waals surface area contributed by atoms with Crippen LogP contribution in [0.25, 0.3) is 0 Å². The summed E-state index contributed by atoms with van der Waals surface area (Å²) in [5.41, 5.74) is 1.68. The number of phenols is 1. The van der Waals surface area contributed by atoms with E-state index in [9.17, 15) is 19.1 Å². The number of amides is 2. The molecule has 1 aliphatic rings. The molecule has 0 spiro atoms. The average molecular weight is 406 g/mol. The standard InChI is InChI=1S/C23H19FN2O4/c24-17-8-10-18(11-9-17)26-21(15-6-12-19(27)13-7-15)20(30-23(26)29)14-25-22(28)16-4-2-1-3-5-16/h1-13,20-21,27H,14H2,(H,25,28)/t20-,21-/m1/s1. The highest BCUT2D eigenvalue weighted by Crippen LogP contribution is 2.37. The zero-order valence-electron chi connectivity index (χ0n) is 15.9. The number of carbonyl (C=O) groups excluding carboxylic acids is 2. The molecule has 0 bridgehead atoms. The van der Waals surface area contributed by atoms with Crippen LogP contribution in [0.3, 0.4) is 0 Å². The Morgan fingerprint density at radius 3 is 2.33 bits per heavy atom. The van der Waals surface area contributed by atoms with E-state index in [-0.39, 0.29) is 18.2 Å². The Hall–Kier alpha value is -3.87. The molecule has 30 heavy (non-hydrogen) atoms. The molecule has 0 unspecified atom stereocenters. The SMILES string of the molecule is O=C(NC[C@H]1OC(=O)N(c2ccc(F)cc2)[C@@H]1c1ccc(O)cc1)c1ccccc1. The van der Waals surface area contributed by atoms with Crippen LogP contribution in [0.2, 0.25) is 0 Å². The number of nitrogens with zero attached hydrogens (tertiary/aromatic N) is 1. The number of aromatic hydroxyl groups is 1. The van der Waals surface area contributed by atoms with Gasteiger partial charge in [-0.1, -0.05) is 30.3 Å². The van der Waals surface area contributed by atoms with Crippen LogP contribution in [0.15, 0.2) is 78.9 Å². The summed E-state index contributed by atoms with van der Waals surface area (Å²) in [4.78, 5) is 26.5. The van der Waals surface area contributed by atoms with Gasteiger partial charge in [-0.2, -0.15) is 0 Å². The van der Waals surface area contributed by atoms with Gasteiger partial charge in [0.25, 0.3) is 5.91 Å². The van der Waals surface area contributed by atoms with E-state index in [0.717, 1.165) is 0 Å². The van der Waals surface area contributed by atoms with E-state index in [1.54, 1.807) is 36.4 Å². The van der Waals surface area contributed by atoms with E-state index < -0.39 is 24.1 Å². The number of ether oxygens (including phenoxy) is 1. The van der Waals surface area contributed by atoms with Gasteiger partial charge in [0.05, 0.1) is 6.54 Å². The molecule has 1 saturated heterocycles. The maximum absolute atomic E-state index is 13.4. The predicted octanol–water partition coefficient (Wildman–Crippen LogP) is 4.03. The second kappa shape index (κ2) is 8.24. The van der Waals surface area contributed by atoms with Gasteiger partial charge in [-0.05, 0) is 54.1 Å². The van der Waals surface area contributed by atoms with Crippen LogP contribution in [-0.4, -0.2) is 29.8 Å². The van der Waals surface area contributed by atoms with Crippen molar-refractivity contribution < 1.29 is 23.8 Å². The summed E-state index contributed by atoms with van der Waals surface area (Å²) in [5.74, 6) is -0.609. The smallest absolute Gasteiger partial charge is 0.415 e. The summed E-state index contributed by atoms with van der Waals surface area (Å²) >= 11 is 0. The first-order valence-corrected chi connectivity index (χ1v) is 9.40. The average Bonchev–Trinajstić information content (AvgIpc) is 3.10. The van der Waals surface area contributed by atoms with Crippen molar-refractivity contribution in [2.75, 3.05) is 11.4 Å². The second-order valence-electron chi connectivity index (χ2n) is 6.88. The molecule has 6 nitrogen and oxygen atoms in total. The van der Waals surface area contributed by atoms with E-state index in [1.165, 1.54) is 41.3 Å². The summed E-state index contributed by atoms with van der Waals surface area (Å²) in [7, 11) is 0. The van der Waals surface area contributed by atoms with Crippen LogP contribution >= 0.6 is 0 Å². The van der Waals surface area contributed by atoms with Gasteiger partial charge < -0.3 is 15.2 Å². The fraction of sp³-hybridized carbons (Fsp3) is 0.130. The van der Waals surface area contributed by atoms with Gasteiger partial charge in [0, 0.05) is 11.3 Å². The van der Waals surface area contributed by atoms with Crippen LogP contribution in [0, 0.1) is 5.82 Å². The zero-order chi connectivity index (χ0) is 21.1. The normalized spacial score (nSPS) is 18.2. The highest BCUT2D eigenvalue weighted by Gasteiger charge is 2.43. The molecule has 1 heterocycles. The summed E-state index contributed by atoms with van der Waals surface area (Å²) in [6.45, 7) is 0.0860. The molecule has 3 aromatic carbocycles. The lowest BCUT2D eigenvalue weighted by atomic mass is 9.99. The van der Waals surface area contributed by atoms with E-state index >= 15 is 0 Å². The van der Waals surface area contributed by atoms with E-state index in [1.807, 2.05) is 6.07 Å². The summed E-state index contributed by atoms with van der Waals surface area (Å²) in [6, 6.07) is 20.1. The fourth-order valence-electron chi connectivity index (χ4n) is 3.47.